The van der Waals surface area contributed by atoms with E-state index in [9.17, 15) is 14.9 Å². The van der Waals surface area contributed by atoms with Crippen molar-refractivity contribution >= 4 is 38.3 Å². The number of hydrogen-bond acceptors (Lipinski definition) is 7. The first-order valence-corrected chi connectivity index (χ1v) is 11.9. The van der Waals surface area contributed by atoms with E-state index in [1.807, 2.05) is 6.92 Å². The maximum absolute atomic E-state index is 13.4. The SMILES string of the molecule is Cc1cc(C)c2sc(N(CCCN3CCOCC3)C(=O)Cc3ccc([N+](=O)[O-])cc3)nc2c1. The third kappa shape index (κ3) is 5.73. The lowest BCUT2D eigenvalue weighted by molar-refractivity contribution is -0.384. The third-order valence-electron chi connectivity index (χ3n) is 5.80. The van der Waals surface area contributed by atoms with Gasteiger partial charge in [-0.3, -0.25) is 24.7 Å². The molecule has 1 fully saturated rings. The van der Waals surface area contributed by atoms with Gasteiger partial charge in [-0.1, -0.05) is 29.5 Å². The highest BCUT2D eigenvalue weighted by molar-refractivity contribution is 7.22. The molecular formula is C24H28N4O4S. The molecule has 1 saturated heterocycles. The van der Waals surface area contributed by atoms with Gasteiger partial charge in [-0.05, 0) is 43.0 Å². The molecular weight excluding hydrogens is 440 g/mol. The molecule has 1 aliphatic rings. The molecule has 33 heavy (non-hydrogen) atoms. The maximum Gasteiger partial charge on any atom is 0.269 e. The molecule has 0 atom stereocenters. The number of carbonyl (C=O) groups excluding carboxylic acids is 1. The van der Waals surface area contributed by atoms with E-state index in [0.29, 0.717) is 11.7 Å². The van der Waals surface area contributed by atoms with Crippen LogP contribution >= 0.6 is 11.3 Å². The summed E-state index contributed by atoms with van der Waals surface area (Å²) >= 11 is 1.54. The summed E-state index contributed by atoms with van der Waals surface area (Å²) in [5.74, 6) is -0.0562. The predicted octanol–water partition coefficient (Wildman–Crippen LogP) is 4.12. The first kappa shape index (κ1) is 23.3. The van der Waals surface area contributed by atoms with Crippen LogP contribution in [0.3, 0.4) is 0 Å². The van der Waals surface area contributed by atoms with Crippen LogP contribution in [0.25, 0.3) is 10.2 Å². The first-order valence-electron chi connectivity index (χ1n) is 11.1. The number of aryl methyl sites for hydroxylation is 2. The van der Waals surface area contributed by atoms with Crippen LogP contribution < -0.4 is 4.90 Å². The predicted molar refractivity (Wildman–Crippen MR) is 130 cm³/mol. The summed E-state index contributed by atoms with van der Waals surface area (Å²) < 4.78 is 6.52. The van der Waals surface area contributed by atoms with Crippen molar-refractivity contribution in [2.45, 2.75) is 26.7 Å². The van der Waals surface area contributed by atoms with Gasteiger partial charge in [0.1, 0.15) is 0 Å². The number of aromatic nitrogens is 1. The number of nitro groups is 1. The van der Waals surface area contributed by atoms with Crippen LogP contribution in [-0.4, -0.2) is 60.1 Å². The fraction of sp³-hybridized carbons (Fsp3) is 0.417. The Kier molecular flexibility index (Phi) is 7.32. The van der Waals surface area contributed by atoms with Crippen molar-refractivity contribution in [3.05, 3.63) is 63.2 Å². The number of morpholine rings is 1. The minimum Gasteiger partial charge on any atom is -0.379 e. The monoisotopic (exact) mass is 468 g/mol. The number of fused-ring (bicyclic) bond motifs is 1. The molecule has 0 spiro atoms. The van der Waals surface area contributed by atoms with E-state index in [2.05, 4.69) is 24.0 Å². The Morgan fingerprint density at radius 1 is 1.21 bits per heavy atom. The number of amides is 1. The Morgan fingerprint density at radius 2 is 1.94 bits per heavy atom. The highest BCUT2D eigenvalue weighted by Gasteiger charge is 2.22. The minimum atomic E-state index is -0.436. The number of hydrogen-bond donors (Lipinski definition) is 0. The summed E-state index contributed by atoms with van der Waals surface area (Å²) in [6.45, 7) is 8.91. The molecule has 1 aromatic heterocycles. The molecule has 0 N–H and O–H groups in total. The van der Waals surface area contributed by atoms with Gasteiger partial charge in [-0.25, -0.2) is 4.98 Å². The molecule has 0 radical (unpaired) electrons. The second-order valence-electron chi connectivity index (χ2n) is 8.38. The Hall–Kier alpha value is -2.88. The molecule has 0 saturated carbocycles. The Labute approximate surface area is 196 Å². The number of rotatable bonds is 8. The smallest absolute Gasteiger partial charge is 0.269 e. The standard InChI is InChI=1S/C24H28N4O4S/c1-17-14-18(2)23-21(15-17)25-24(33-23)27(9-3-8-26-10-12-32-13-11-26)22(29)16-19-4-6-20(7-5-19)28(30)31/h4-7,14-15H,3,8-13,16H2,1-2H3. The van der Waals surface area contributed by atoms with Crippen molar-refractivity contribution in [1.82, 2.24) is 9.88 Å². The van der Waals surface area contributed by atoms with Crippen LogP contribution in [-0.2, 0) is 16.0 Å². The van der Waals surface area contributed by atoms with Crippen LogP contribution in [0.5, 0.6) is 0 Å². The van der Waals surface area contributed by atoms with Crippen LogP contribution in [0.15, 0.2) is 36.4 Å². The number of non-ortho nitro benzene ring substituents is 1. The van der Waals surface area contributed by atoms with E-state index < -0.39 is 4.92 Å². The van der Waals surface area contributed by atoms with E-state index in [4.69, 9.17) is 9.72 Å². The quantitative estimate of drug-likeness (QED) is 0.365. The zero-order chi connectivity index (χ0) is 23.4. The molecule has 3 aromatic rings. The van der Waals surface area contributed by atoms with Gasteiger partial charge < -0.3 is 4.74 Å². The number of nitrogens with zero attached hydrogens (tertiary/aromatic N) is 4. The van der Waals surface area contributed by atoms with Crippen LogP contribution in [0.4, 0.5) is 10.8 Å². The van der Waals surface area contributed by atoms with Crippen LogP contribution in [0.2, 0.25) is 0 Å². The summed E-state index contributed by atoms with van der Waals surface area (Å²) in [5, 5.41) is 11.6. The second kappa shape index (κ2) is 10.4. The maximum atomic E-state index is 13.4. The molecule has 0 bridgehead atoms. The number of ether oxygens (including phenoxy) is 1. The first-order chi connectivity index (χ1) is 15.9. The van der Waals surface area contributed by atoms with Crippen molar-refractivity contribution in [2.24, 2.45) is 0 Å². The molecule has 2 aromatic carbocycles. The van der Waals surface area contributed by atoms with E-state index in [1.54, 1.807) is 28.4 Å². The number of thiazole rings is 1. The van der Waals surface area contributed by atoms with Crippen LogP contribution in [0.1, 0.15) is 23.1 Å². The molecule has 174 valence electrons. The van der Waals surface area contributed by atoms with Gasteiger partial charge in [-0.2, -0.15) is 0 Å². The number of carbonyl (C=O) groups is 1. The van der Waals surface area contributed by atoms with Gasteiger partial charge in [0.15, 0.2) is 5.13 Å². The van der Waals surface area contributed by atoms with Gasteiger partial charge >= 0.3 is 0 Å². The fourth-order valence-electron chi connectivity index (χ4n) is 4.09. The van der Waals surface area contributed by atoms with Crippen molar-refractivity contribution in [1.29, 1.82) is 0 Å². The van der Waals surface area contributed by atoms with Gasteiger partial charge in [-0.15, -0.1) is 0 Å². The van der Waals surface area contributed by atoms with Crippen LogP contribution in [0, 0.1) is 24.0 Å². The van der Waals surface area contributed by atoms with E-state index >= 15 is 0 Å². The summed E-state index contributed by atoms with van der Waals surface area (Å²) in [5.41, 5.74) is 3.98. The van der Waals surface area contributed by atoms with Crippen molar-refractivity contribution in [3.63, 3.8) is 0 Å². The van der Waals surface area contributed by atoms with E-state index in [0.717, 1.165) is 66.2 Å². The van der Waals surface area contributed by atoms with Gasteiger partial charge in [0.25, 0.3) is 5.69 Å². The normalized spacial score (nSPS) is 14.5. The minimum absolute atomic E-state index is 0.0191. The topological polar surface area (TPSA) is 88.8 Å². The molecule has 1 aliphatic heterocycles. The fourth-order valence-corrected chi connectivity index (χ4v) is 5.15. The van der Waals surface area contributed by atoms with Crippen molar-refractivity contribution in [3.8, 4) is 0 Å². The largest absolute Gasteiger partial charge is 0.379 e. The summed E-state index contributed by atoms with van der Waals surface area (Å²) in [7, 11) is 0. The number of benzene rings is 2. The van der Waals surface area contributed by atoms with Crippen molar-refractivity contribution in [2.75, 3.05) is 44.3 Å². The lowest BCUT2D eigenvalue weighted by Crippen LogP contribution is -2.39. The average molecular weight is 469 g/mol. The summed E-state index contributed by atoms with van der Waals surface area (Å²) in [6, 6.07) is 10.4. The lowest BCUT2D eigenvalue weighted by atomic mass is 10.1. The molecule has 0 aliphatic carbocycles. The van der Waals surface area contributed by atoms with Gasteiger partial charge in [0, 0.05) is 38.3 Å². The third-order valence-corrected chi connectivity index (χ3v) is 7.03. The highest BCUT2D eigenvalue weighted by Crippen LogP contribution is 2.32. The summed E-state index contributed by atoms with van der Waals surface area (Å²) in [6.07, 6.45) is 1.00. The Balaban J connectivity index is 1.54. The molecule has 9 heteroatoms. The summed E-state index contributed by atoms with van der Waals surface area (Å²) in [4.78, 5) is 32.8. The average Bonchev–Trinajstić information content (AvgIpc) is 3.21. The zero-order valence-electron chi connectivity index (χ0n) is 19.0. The van der Waals surface area contributed by atoms with E-state index in [-0.39, 0.29) is 18.0 Å². The van der Waals surface area contributed by atoms with E-state index in [1.165, 1.54) is 12.1 Å². The van der Waals surface area contributed by atoms with Crippen molar-refractivity contribution < 1.29 is 14.5 Å². The Morgan fingerprint density at radius 3 is 2.64 bits per heavy atom. The number of nitro benzene ring substituents is 1. The van der Waals surface area contributed by atoms with Gasteiger partial charge in [0.2, 0.25) is 5.91 Å². The highest BCUT2D eigenvalue weighted by atomic mass is 32.1. The molecule has 8 nitrogen and oxygen atoms in total. The zero-order valence-corrected chi connectivity index (χ0v) is 19.8. The number of anilines is 1. The molecule has 2 heterocycles. The molecule has 4 rings (SSSR count). The molecule has 1 amide bonds. The lowest BCUT2D eigenvalue weighted by Gasteiger charge is -2.27. The second-order valence-corrected chi connectivity index (χ2v) is 9.36. The molecule has 0 unspecified atom stereocenters. The van der Waals surface area contributed by atoms with Gasteiger partial charge in [0.05, 0.1) is 34.8 Å². The Bertz CT molecular complexity index is 1140.